The summed E-state index contributed by atoms with van der Waals surface area (Å²) < 4.78 is 26.3. The van der Waals surface area contributed by atoms with Crippen molar-refractivity contribution >= 4 is 21.6 Å². The van der Waals surface area contributed by atoms with Crippen LogP contribution in [0.3, 0.4) is 0 Å². The van der Waals surface area contributed by atoms with E-state index in [0.717, 1.165) is 27.8 Å². The van der Waals surface area contributed by atoms with Gasteiger partial charge >= 0.3 is 0 Å². The molecule has 0 aliphatic carbocycles. The first-order valence-corrected chi connectivity index (χ1v) is 13.0. The molecule has 1 atom stereocenters. The van der Waals surface area contributed by atoms with Gasteiger partial charge in [0.05, 0.1) is 18.0 Å². The van der Waals surface area contributed by atoms with Crippen molar-refractivity contribution in [3.05, 3.63) is 101 Å². The van der Waals surface area contributed by atoms with E-state index in [1.165, 1.54) is 10.6 Å². The summed E-state index contributed by atoms with van der Waals surface area (Å²) in [6.07, 6.45) is 1.85. The summed E-state index contributed by atoms with van der Waals surface area (Å²) in [6.45, 7) is 6.16. The fourth-order valence-electron chi connectivity index (χ4n) is 4.05. The van der Waals surface area contributed by atoms with Crippen molar-refractivity contribution in [3.63, 3.8) is 0 Å². The number of sulfonamides is 1. The lowest BCUT2D eigenvalue weighted by atomic mass is 9.97. The molecule has 0 bridgehead atoms. The van der Waals surface area contributed by atoms with Gasteiger partial charge in [0, 0.05) is 13.0 Å². The molecule has 0 heterocycles. The highest BCUT2D eigenvalue weighted by Crippen LogP contribution is 2.24. The number of rotatable bonds is 9. The van der Waals surface area contributed by atoms with Crippen molar-refractivity contribution in [1.29, 1.82) is 0 Å². The molecule has 0 saturated heterocycles. The van der Waals surface area contributed by atoms with Crippen LogP contribution in [0.1, 0.15) is 46.7 Å². The number of anilines is 1. The number of nitrogens with one attached hydrogen (secondary N) is 1. The quantitative estimate of drug-likeness (QED) is 0.481. The molecule has 33 heavy (non-hydrogen) atoms. The average molecular weight is 465 g/mol. The normalized spacial score (nSPS) is 12.2. The smallest absolute Gasteiger partial charge is 0.232 e. The zero-order valence-corrected chi connectivity index (χ0v) is 20.5. The van der Waals surface area contributed by atoms with E-state index >= 15 is 0 Å². The predicted molar refractivity (Wildman–Crippen MR) is 135 cm³/mol. The fraction of sp³-hybridized carbons (Fsp3) is 0.296. The average Bonchev–Trinajstić information content (AvgIpc) is 2.74. The molecule has 3 aromatic rings. The number of benzene rings is 3. The Morgan fingerprint density at radius 3 is 2.09 bits per heavy atom. The van der Waals surface area contributed by atoms with Crippen LogP contribution in [-0.2, 0) is 14.8 Å². The van der Waals surface area contributed by atoms with Crippen molar-refractivity contribution in [1.82, 2.24) is 5.32 Å². The van der Waals surface area contributed by atoms with Crippen LogP contribution in [-0.4, -0.2) is 27.1 Å². The van der Waals surface area contributed by atoms with Gasteiger partial charge in [-0.15, -0.1) is 0 Å². The molecule has 0 spiro atoms. The molecule has 174 valence electrons. The summed E-state index contributed by atoms with van der Waals surface area (Å²) in [7, 11) is -3.46. The Labute approximate surface area is 197 Å². The van der Waals surface area contributed by atoms with E-state index in [9.17, 15) is 13.2 Å². The van der Waals surface area contributed by atoms with Gasteiger partial charge < -0.3 is 5.32 Å². The molecule has 0 aliphatic rings. The third kappa shape index (κ3) is 6.93. The number of carbonyl (C=O) groups excluding carboxylic acids is 1. The molecule has 3 rings (SSSR count). The van der Waals surface area contributed by atoms with Gasteiger partial charge in [0.2, 0.25) is 15.9 Å². The third-order valence-corrected chi connectivity index (χ3v) is 6.67. The minimum absolute atomic E-state index is 0.112. The first kappa shape index (κ1) is 24.5. The van der Waals surface area contributed by atoms with Gasteiger partial charge in [0.1, 0.15) is 0 Å². The maximum Gasteiger partial charge on any atom is 0.232 e. The Morgan fingerprint density at radius 2 is 1.48 bits per heavy atom. The lowest BCUT2D eigenvalue weighted by Gasteiger charge is -2.24. The molecule has 0 radical (unpaired) electrons. The van der Waals surface area contributed by atoms with Crippen LogP contribution in [0, 0.1) is 20.8 Å². The Bertz CT molecular complexity index is 1190. The predicted octanol–water partition coefficient (Wildman–Crippen LogP) is 5.06. The molecule has 0 fully saturated rings. The number of hydrogen-bond donors (Lipinski definition) is 1. The fourth-order valence-corrected chi connectivity index (χ4v) is 5.00. The lowest BCUT2D eigenvalue weighted by molar-refractivity contribution is -0.121. The van der Waals surface area contributed by atoms with E-state index < -0.39 is 10.0 Å². The van der Waals surface area contributed by atoms with Crippen LogP contribution >= 0.6 is 0 Å². The highest BCUT2D eigenvalue weighted by Gasteiger charge is 2.20. The largest absolute Gasteiger partial charge is 0.345 e. The van der Waals surface area contributed by atoms with E-state index in [0.29, 0.717) is 12.1 Å². The zero-order chi connectivity index (χ0) is 24.0. The molecule has 3 aromatic carbocycles. The molecule has 0 aromatic heterocycles. The van der Waals surface area contributed by atoms with Crippen LogP contribution in [0.5, 0.6) is 0 Å². The molecule has 5 nitrogen and oxygen atoms in total. The van der Waals surface area contributed by atoms with Gasteiger partial charge in [-0.1, -0.05) is 66.2 Å². The summed E-state index contributed by atoms with van der Waals surface area (Å²) >= 11 is 0. The highest BCUT2D eigenvalue weighted by molar-refractivity contribution is 7.92. The Morgan fingerprint density at radius 1 is 0.848 bits per heavy atom. The van der Waals surface area contributed by atoms with Crippen LogP contribution in [0.2, 0.25) is 0 Å². The molecule has 1 amide bonds. The van der Waals surface area contributed by atoms with E-state index in [1.54, 1.807) is 0 Å². The van der Waals surface area contributed by atoms with Crippen LogP contribution in [0.25, 0.3) is 0 Å². The van der Waals surface area contributed by atoms with Crippen LogP contribution in [0.15, 0.2) is 72.8 Å². The standard InChI is InChI=1S/C27H32N2O3S/c1-20-10-8-13-24(17-20)27(23-11-6-5-7-12-23)28-26(30)14-9-15-29(33(4,31)32)25-18-21(2)16-22(3)19-25/h5-8,10-13,16-19,27H,9,14-15H2,1-4H3,(H,28,30)/t27-/m1/s1. The number of carbonyl (C=O) groups is 1. The Hall–Kier alpha value is -3.12. The number of amides is 1. The molecular weight excluding hydrogens is 432 g/mol. The second-order valence-electron chi connectivity index (χ2n) is 8.61. The van der Waals surface area contributed by atoms with Gasteiger partial charge in [-0.2, -0.15) is 0 Å². The lowest BCUT2D eigenvalue weighted by Crippen LogP contribution is -2.33. The molecule has 1 N–H and O–H groups in total. The van der Waals surface area contributed by atoms with Gasteiger partial charge in [0.25, 0.3) is 0 Å². The number of aryl methyl sites for hydroxylation is 3. The summed E-state index contributed by atoms with van der Waals surface area (Å²) in [6, 6.07) is 23.4. The Balaban J connectivity index is 1.71. The van der Waals surface area contributed by atoms with E-state index in [2.05, 4.69) is 11.4 Å². The molecule has 0 aliphatic heterocycles. The van der Waals surface area contributed by atoms with Crippen molar-refractivity contribution < 1.29 is 13.2 Å². The van der Waals surface area contributed by atoms with Gasteiger partial charge in [-0.3, -0.25) is 9.10 Å². The number of hydrogen-bond acceptors (Lipinski definition) is 3. The Kier molecular flexibility index (Phi) is 7.92. The van der Waals surface area contributed by atoms with E-state index in [4.69, 9.17) is 0 Å². The summed E-state index contributed by atoms with van der Waals surface area (Å²) in [5.74, 6) is -0.112. The summed E-state index contributed by atoms with van der Waals surface area (Å²) in [5.41, 5.74) is 5.78. The molecule has 6 heteroatoms. The van der Waals surface area contributed by atoms with Crippen molar-refractivity contribution in [2.75, 3.05) is 17.1 Å². The van der Waals surface area contributed by atoms with Gasteiger partial charge in [-0.25, -0.2) is 8.42 Å². The van der Waals surface area contributed by atoms with Crippen LogP contribution in [0.4, 0.5) is 5.69 Å². The first-order valence-electron chi connectivity index (χ1n) is 11.1. The van der Waals surface area contributed by atoms with Crippen molar-refractivity contribution in [2.45, 2.75) is 39.7 Å². The number of nitrogens with zero attached hydrogens (tertiary/aromatic N) is 1. The van der Waals surface area contributed by atoms with Gasteiger partial charge in [0.15, 0.2) is 0 Å². The third-order valence-electron chi connectivity index (χ3n) is 5.47. The van der Waals surface area contributed by atoms with E-state index in [-0.39, 0.29) is 24.9 Å². The van der Waals surface area contributed by atoms with Crippen LogP contribution < -0.4 is 9.62 Å². The highest BCUT2D eigenvalue weighted by atomic mass is 32.2. The monoisotopic (exact) mass is 464 g/mol. The van der Waals surface area contributed by atoms with E-state index in [1.807, 2.05) is 87.5 Å². The maximum absolute atomic E-state index is 12.9. The first-order chi connectivity index (χ1) is 15.6. The molecular formula is C27H32N2O3S. The zero-order valence-electron chi connectivity index (χ0n) is 19.7. The summed E-state index contributed by atoms with van der Waals surface area (Å²) in [5, 5.41) is 3.14. The topological polar surface area (TPSA) is 66.5 Å². The molecule has 0 saturated carbocycles. The minimum atomic E-state index is -3.46. The molecule has 0 unspecified atom stereocenters. The van der Waals surface area contributed by atoms with Gasteiger partial charge in [-0.05, 0) is 61.6 Å². The maximum atomic E-state index is 12.9. The SMILES string of the molecule is Cc1cccc([C@H](NC(=O)CCCN(c2cc(C)cc(C)c2)S(C)(=O)=O)c2ccccc2)c1. The second-order valence-corrected chi connectivity index (χ2v) is 10.5. The van der Waals surface area contributed by atoms with Crippen molar-refractivity contribution in [2.24, 2.45) is 0 Å². The minimum Gasteiger partial charge on any atom is -0.345 e. The summed E-state index contributed by atoms with van der Waals surface area (Å²) in [4.78, 5) is 12.9. The second kappa shape index (κ2) is 10.7. The van der Waals surface area contributed by atoms with Crippen molar-refractivity contribution in [3.8, 4) is 0 Å².